The molecule has 0 fully saturated rings. The van der Waals surface area contributed by atoms with E-state index in [1.807, 2.05) is 0 Å². The van der Waals surface area contributed by atoms with Crippen molar-refractivity contribution >= 4 is 11.9 Å². The molecule has 2 rings (SSSR count). The largest absolute Gasteiger partial charge is 0.515 e. The second kappa shape index (κ2) is 3.41. The van der Waals surface area contributed by atoms with E-state index in [9.17, 15) is 4.79 Å². The topological polar surface area (TPSA) is 55.8 Å². The van der Waals surface area contributed by atoms with E-state index in [2.05, 4.69) is 0 Å². The van der Waals surface area contributed by atoms with Gasteiger partial charge in [0.25, 0.3) is 0 Å². The van der Waals surface area contributed by atoms with Gasteiger partial charge in [0.1, 0.15) is 0 Å². The Morgan fingerprint density at radius 3 is 2.86 bits per heavy atom. The monoisotopic (exact) mass is 192 g/mol. The van der Waals surface area contributed by atoms with Crippen LogP contribution in [0.5, 0.6) is 11.5 Å². The number of carbonyl (C=O) groups excluding carboxylic acids is 1. The van der Waals surface area contributed by atoms with Crippen LogP contribution < -0.4 is 9.47 Å². The molecule has 0 bridgehead atoms. The van der Waals surface area contributed by atoms with Gasteiger partial charge in [-0.05, 0) is 17.7 Å². The van der Waals surface area contributed by atoms with Crippen molar-refractivity contribution in [2.75, 3.05) is 6.79 Å². The summed E-state index contributed by atoms with van der Waals surface area (Å²) in [5.74, 6) is 1.24. The number of hydrogen-bond acceptors (Lipinski definition) is 4. The summed E-state index contributed by atoms with van der Waals surface area (Å²) in [4.78, 5) is 10.5. The molecule has 0 aliphatic carbocycles. The number of aliphatic hydroxyl groups is 1. The Bertz CT molecular complexity index is 395. The van der Waals surface area contributed by atoms with Gasteiger partial charge in [0.15, 0.2) is 17.8 Å². The first-order valence-corrected chi connectivity index (χ1v) is 4.04. The Balaban J connectivity index is 2.42. The third-order valence-corrected chi connectivity index (χ3v) is 1.97. The standard InChI is InChI=1S/C10H8O4/c11-4-8(5-12)7-1-2-9-10(3-7)14-6-13-9/h1-5,11H,6H2/b8-4+. The average Bonchev–Trinajstić information content (AvgIpc) is 2.66. The van der Waals surface area contributed by atoms with Crippen molar-refractivity contribution < 1.29 is 19.4 Å². The van der Waals surface area contributed by atoms with Crippen LogP contribution in [-0.4, -0.2) is 18.2 Å². The molecule has 0 amide bonds. The van der Waals surface area contributed by atoms with Crippen LogP contribution in [0.15, 0.2) is 24.5 Å². The Hall–Kier alpha value is -1.97. The third kappa shape index (κ3) is 1.31. The van der Waals surface area contributed by atoms with Crippen LogP contribution in [0.1, 0.15) is 5.56 Å². The van der Waals surface area contributed by atoms with E-state index in [0.717, 1.165) is 6.26 Å². The molecule has 1 aromatic rings. The van der Waals surface area contributed by atoms with E-state index in [1.165, 1.54) is 0 Å². The zero-order chi connectivity index (χ0) is 9.97. The molecule has 0 aromatic heterocycles. The maximum absolute atomic E-state index is 10.5. The predicted molar refractivity (Wildman–Crippen MR) is 49.2 cm³/mol. The van der Waals surface area contributed by atoms with Gasteiger partial charge in [-0.1, -0.05) is 6.07 Å². The lowest BCUT2D eigenvalue weighted by Crippen LogP contribution is -1.93. The van der Waals surface area contributed by atoms with Gasteiger partial charge in [-0.3, -0.25) is 4.79 Å². The lowest BCUT2D eigenvalue weighted by molar-refractivity contribution is -0.103. The van der Waals surface area contributed by atoms with Crippen LogP contribution in [0, 0.1) is 0 Å². The number of rotatable bonds is 2. The zero-order valence-electron chi connectivity index (χ0n) is 7.27. The number of ether oxygens (including phenoxy) is 2. The van der Waals surface area contributed by atoms with Crippen LogP contribution in [0.4, 0.5) is 0 Å². The van der Waals surface area contributed by atoms with E-state index < -0.39 is 0 Å². The molecule has 0 saturated carbocycles. The van der Waals surface area contributed by atoms with E-state index in [4.69, 9.17) is 14.6 Å². The van der Waals surface area contributed by atoms with E-state index >= 15 is 0 Å². The fourth-order valence-electron chi connectivity index (χ4n) is 1.25. The molecule has 1 heterocycles. The summed E-state index contributed by atoms with van der Waals surface area (Å²) in [7, 11) is 0. The van der Waals surface area contributed by atoms with Crippen LogP contribution >= 0.6 is 0 Å². The predicted octanol–water partition coefficient (Wildman–Crippen LogP) is 1.51. The molecule has 1 aliphatic rings. The molecule has 0 saturated heterocycles. The Morgan fingerprint density at radius 1 is 1.36 bits per heavy atom. The summed E-state index contributed by atoms with van der Waals surface area (Å²) in [6.07, 6.45) is 1.35. The summed E-state index contributed by atoms with van der Waals surface area (Å²) in [5, 5.41) is 8.76. The maximum Gasteiger partial charge on any atom is 0.231 e. The molecule has 0 spiro atoms. The molecule has 72 valence electrons. The lowest BCUT2D eigenvalue weighted by Gasteiger charge is -2.00. The quantitative estimate of drug-likeness (QED) is 0.438. The fourth-order valence-corrected chi connectivity index (χ4v) is 1.25. The van der Waals surface area contributed by atoms with Crippen molar-refractivity contribution in [2.45, 2.75) is 0 Å². The number of fused-ring (bicyclic) bond motifs is 1. The Morgan fingerprint density at radius 2 is 2.14 bits per heavy atom. The fraction of sp³-hybridized carbons (Fsp3) is 0.100. The molecule has 4 heteroatoms. The molecular weight excluding hydrogens is 184 g/mol. The van der Waals surface area contributed by atoms with Gasteiger partial charge in [-0.15, -0.1) is 0 Å². The van der Waals surface area contributed by atoms with Crippen molar-refractivity contribution in [2.24, 2.45) is 0 Å². The molecule has 1 N–H and O–H groups in total. The highest BCUT2D eigenvalue weighted by molar-refractivity contribution is 6.06. The summed E-state index contributed by atoms with van der Waals surface area (Å²) >= 11 is 0. The zero-order valence-corrected chi connectivity index (χ0v) is 7.27. The Labute approximate surface area is 80.4 Å². The molecule has 14 heavy (non-hydrogen) atoms. The third-order valence-electron chi connectivity index (χ3n) is 1.97. The first-order valence-electron chi connectivity index (χ1n) is 4.04. The van der Waals surface area contributed by atoms with Gasteiger partial charge >= 0.3 is 0 Å². The molecule has 0 atom stereocenters. The van der Waals surface area contributed by atoms with Crippen LogP contribution in [-0.2, 0) is 4.79 Å². The first kappa shape index (κ1) is 8.62. The molecule has 4 nitrogen and oxygen atoms in total. The van der Waals surface area contributed by atoms with E-state index in [1.54, 1.807) is 18.2 Å². The highest BCUT2D eigenvalue weighted by atomic mass is 16.7. The highest BCUT2D eigenvalue weighted by Crippen LogP contribution is 2.33. The van der Waals surface area contributed by atoms with Gasteiger partial charge in [0.2, 0.25) is 6.79 Å². The summed E-state index contributed by atoms with van der Waals surface area (Å²) in [5.41, 5.74) is 0.815. The number of aldehydes is 1. The minimum atomic E-state index is 0.193. The van der Waals surface area contributed by atoms with Crippen LogP contribution in [0.2, 0.25) is 0 Å². The number of aliphatic hydroxyl groups excluding tert-OH is 1. The van der Waals surface area contributed by atoms with E-state index in [-0.39, 0.29) is 12.4 Å². The van der Waals surface area contributed by atoms with Crippen molar-refractivity contribution in [3.63, 3.8) is 0 Å². The number of allylic oxidation sites excluding steroid dienone is 1. The molecule has 0 radical (unpaired) electrons. The van der Waals surface area contributed by atoms with Crippen molar-refractivity contribution in [3.05, 3.63) is 30.0 Å². The highest BCUT2D eigenvalue weighted by Gasteiger charge is 2.14. The van der Waals surface area contributed by atoms with Gasteiger partial charge in [0.05, 0.1) is 11.8 Å². The average molecular weight is 192 g/mol. The maximum atomic E-state index is 10.5. The van der Waals surface area contributed by atoms with Gasteiger partial charge in [-0.2, -0.15) is 0 Å². The number of carbonyl (C=O) groups is 1. The minimum Gasteiger partial charge on any atom is -0.515 e. The van der Waals surface area contributed by atoms with Crippen LogP contribution in [0.3, 0.4) is 0 Å². The smallest absolute Gasteiger partial charge is 0.231 e. The van der Waals surface area contributed by atoms with E-state index in [0.29, 0.717) is 23.3 Å². The summed E-state index contributed by atoms with van der Waals surface area (Å²) in [6, 6.07) is 5.04. The second-order valence-electron chi connectivity index (χ2n) is 2.77. The Kier molecular flexibility index (Phi) is 2.10. The van der Waals surface area contributed by atoms with Crippen LogP contribution in [0.25, 0.3) is 5.57 Å². The first-order chi connectivity index (χ1) is 6.85. The van der Waals surface area contributed by atoms with Gasteiger partial charge in [-0.25, -0.2) is 0 Å². The van der Waals surface area contributed by atoms with Crippen molar-refractivity contribution in [1.82, 2.24) is 0 Å². The minimum absolute atomic E-state index is 0.193. The molecule has 1 aromatic carbocycles. The number of hydrogen-bond donors (Lipinski definition) is 1. The SMILES string of the molecule is O=C/C(=C\O)c1ccc2c(c1)OCO2. The van der Waals surface area contributed by atoms with Gasteiger partial charge in [0, 0.05) is 0 Å². The number of benzene rings is 1. The molecule has 1 aliphatic heterocycles. The molecular formula is C10H8O4. The van der Waals surface area contributed by atoms with Crippen molar-refractivity contribution in [3.8, 4) is 11.5 Å². The van der Waals surface area contributed by atoms with Gasteiger partial charge < -0.3 is 14.6 Å². The molecule has 0 unspecified atom stereocenters. The second-order valence-corrected chi connectivity index (χ2v) is 2.77. The van der Waals surface area contributed by atoms with Crippen molar-refractivity contribution in [1.29, 1.82) is 0 Å². The normalized spacial score (nSPS) is 14.1. The summed E-state index contributed by atoms with van der Waals surface area (Å²) in [6.45, 7) is 0.193. The lowest BCUT2D eigenvalue weighted by atomic mass is 10.1. The summed E-state index contributed by atoms with van der Waals surface area (Å²) < 4.78 is 10.2.